The summed E-state index contributed by atoms with van der Waals surface area (Å²) in [4.78, 5) is 2.64. The van der Waals surface area contributed by atoms with E-state index in [4.69, 9.17) is 0 Å². The van der Waals surface area contributed by atoms with E-state index in [0.717, 1.165) is 5.92 Å². The summed E-state index contributed by atoms with van der Waals surface area (Å²) < 4.78 is 1.35. The zero-order chi connectivity index (χ0) is 13.0. The third-order valence-corrected chi connectivity index (χ3v) is 4.77. The molecule has 0 saturated carbocycles. The first-order valence-electron chi connectivity index (χ1n) is 7.12. The van der Waals surface area contributed by atoms with E-state index in [1.807, 2.05) is 0 Å². The number of likely N-dealkylation sites (tertiary alicyclic amines) is 1. The molecule has 0 unspecified atom stereocenters. The molecule has 2 rings (SSSR count). The van der Waals surface area contributed by atoms with Crippen molar-refractivity contribution in [3.63, 3.8) is 0 Å². The Labute approximate surface area is 125 Å². The highest BCUT2D eigenvalue weighted by Crippen LogP contribution is 2.18. The van der Waals surface area contributed by atoms with Crippen molar-refractivity contribution in [2.75, 3.05) is 19.6 Å². The molecule has 1 aliphatic rings. The van der Waals surface area contributed by atoms with Crippen LogP contribution in [0.4, 0.5) is 0 Å². The zero-order valence-electron chi connectivity index (χ0n) is 11.6. The Morgan fingerprint density at radius 2 is 2.00 bits per heavy atom. The van der Waals surface area contributed by atoms with Crippen LogP contribution in [0.15, 0.2) is 18.2 Å². The van der Waals surface area contributed by atoms with Crippen LogP contribution < -0.4 is 0 Å². The van der Waals surface area contributed by atoms with E-state index in [0.29, 0.717) is 0 Å². The van der Waals surface area contributed by atoms with Gasteiger partial charge in [-0.3, -0.25) is 0 Å². The summed E-state index contributed by atoms with van der Waals surface area (Å²) in [5.74, 6) is 0.944. The van der Waals surface area contributed by atoms with E-state index in [1.54, 1.807) is 0 Å². The fraction of sp³-hybridized carbons (Fsp3) is 0.625. The van der Waals surface area contributed by atoms with E-state index in [1.165, 1.54) is 60.0 Å². The second-order valence-corrected chi connectivity index (χ2v) is 6.94. The van der Waals surface area contributed by atoms with Gasteiger partial charge < -0.3 is 4.90 Å². The van der Waals surface area contributed by atoms with Crippen LogP contribution in [0, 0.1) is 16.4 Å². The highest BCUT2D eigenvalue weighted by molar-refractivity contribution is 14.1. The molecule has 0 amide bonds. The van der Waals surface area contributed by atoms with Crippen LogP contribution in [-0.2, 0) is 6.42 Å². The average Bonchev–Trinajstić information content (AvgIpc) is 2.34. The van der Waals surface area contributed by atoms with Gasteiger partial charge in [-0.05, 0) is 104 Å². The van der Waals surface area contributed by atoms with Crippen molar-refractivity contribution < 1.29 is 0 Å². The Balaban J connectivity index is 1.75. The Hall–Kier alpha value is -0.0900. The van der Waals surface area contributed by atoms with Crippen LogP contribution in [0.25, 0.3) is 0 Å². The van der Waals surface area contributed by atoms with Crippen LogP contribution >= 0.6 is 22.6 Å². The van der Waals surface area contributed by atoms with E-state index in [2.05, 4.69) is 59.5 Å². The lowest BCUT2D eigenvalue weighted by atomic mass is 9.98. The molecule has 1 nitrogen and oxygen atoms in total. The number of rotatable bonds is 4. The molecule has 100 valence electrons. The minimum atomic E-state index is 0.944. The van der Waals surface area contributed by atoms with Crippen molar-refractivity contribution in [1.82, 2.24) is 4.90 Å². The molecule has 0 aliphatic carbocycles. The summed E-state index contributed by atoms with van der Waals surface area (Å²) in [6.45, 7) is 8.52. The second-order valence-electron chi connectivity index (χ2n) is 5.70. The van der Waals surface area contributed by atoms with Crippen molar-refractivity contribution >= 4 is 22.6 Å². The molecular weight excluding hydrogens is 333 g/mol. The van der Waals surface area contributed by atoms with Crippen LogP contribution in [0.3, 0.4) is 0 Å². The molecule has 1 saturated heterocycles. The molecular formula is C16H24IN. The predicted octanol–water partition coefficient (Wildman–Crippen LogP) is 4.26. The van der Waals surface area contributed by atoms with Gasteiger partial charge in [0.25, 0.3) is 0 Å². The molecule has 1 fully saturated rings. The molecule has 0 spiro atoms. The van der Waals surface area contributed by atoms with E-state index in [-0.39, 0.29) is 0 Å². The fourth-order valence-electron chi connectivity index (χ4n) is 2.72. The molecule has 0 bridgehead atoms. The first-order valence-corrected chi connectivity index (χ1v) is 8.20. The lowest BCUT2D eigenvalue weighted by molar-refractivity contribution is 0.191. The maximum Gasteiger partial charge on any atom is 0.0133 e. The van der Waals surface area contributed by atoms with Crippen molar-refractivity contribution in [2.45, 2.75) is 39.5 Å². The summed E-state index contributed by atoms with van der Waals surface area (Å²) >= 11 is 2.39. The number of halogens is 1. The van der Waals surface area contributed by atoms with Crippen LogP contribution in [0.2, 0.25) is 0 Å². The zero-order valence-corrected chi connectivity index (χ0v) is 13.7. The Morgan fingerprint density at radius 1 is 1.28 bits per heavy atom. The number of hydrogen-bond donors (Lipinski definition) is 0. The van der Waals surface area contributed by atoms with Gasteiger partial charge in [0.05, 0.1) is 0 Å². The Morgan fingerprint density at radius 3 is 2.67 bits per heavy atom. The highest BCUT2D eigenvalue weighted by Gasteiger charge is 2.14. The molecule has 2 heteroatoms. The number of nitrogens with zero attached hydrogens (tertiary/aromatic N) is 1. The van der Waals surface area contributed by atoms with Crippen molar-refractivity contribution in [2.24, 2.45) is 5.92 Å². The third kappa shape index (κ3) is 4.23. The van der Waals surface area contributed by atoms with Crippen LogP contribution in [0.1, 0.15) is 37.3 Å². The summed E-state index contributed by atoms with van der Waals surface area (Å²) in [6, 6.07) is 6.82. The number of aryl methyl sites for hydroxylation is 2. The molecule has 18 heavy (non-hydrogen) atoms. The number of piperidine rings is 1. The van der Waals surface area contributed by atoms with Gasteiger partial charge in [0.15, 0.2) is 0 Å². The third-order valence-electron chi connectivity index (χ3n) is 4.10. The smallest absolute Gasteiger partial charge is 0.0133 e. The van der Waals surface area contributed by atoms with Crippen molar-refractivity contribution in [1.29, 1.82) is 0 Å². The van der Waals surface area contributed by atoms with Gasteiger partial charge in [-0.2, -0.15) is 0 Å². The summed E-state index contributed by atoms with van der Waals surface area (Å²) in [7, 11) is 0. The molecule has 1 heterocycles. The second kappa shape index (κ2) is 6.90. The molecule has 1 aliphatic heterocycles. The van der Waals surface area contributed by atoms with Gasteiger partial charge in [0.2, 0.25) is 0 Å². The SMILES string of the molecule is Cc1cc(I)ccc1CCCN1CCC(C)CC1. The normalized spacial score (nSPS) is 18.2. The van der Waals surface area contributed by atoms with Gasteiger partial charge >= 0.3 is 0 Å². The maximum atomic E-state index is 2.64. The maximum absolute atomic E-state index is 2.64. The molecule has 0 radical (unpaired) electrons. The van der Waals surface area contributed by atoms with Gasteiger partial charge in [-0.1, -0.05) is 13.0 Å². The first-order chi connectivity index (χ1) is 8.65. The highest BCUT2D eigenvalue weighted by atomic mass is 127. The summed E-state index contributed by atoms with van der Waals surface area (Å²) in [5.41, 5.74) is 2.98. The molecule has 0 N–H and O–H groups in total. The largest absolute Gasteiger partial charge is 0.303 e. The van der Waals surface area contributed by atoms with Gasteiger partial charge in [-0.25, -0.2) is 0 Å². The minimum Gasteiger partial charge on any atom is -0.303 e. The average molecular weight is 357 g/mol. The summed E-state index contributed by atoms with van der Waals surface area (Å²) in [6.07, 6.45) is 5.32. The van der Waals surface area contributed by atoms with E-state index < -0.39 is 0 Å². The minimum absolute atomic E-state index is 0.944. The van der Waals surface area contributed by atoms with Crippen LogP contribution in [-0.4, -0.2) is 24.5 Å². The molecule has 1 aromatic carbocycles. The van der Waals surface area contributed by atoms with Crippen molar-refractivity contribution in [3.8, 4) is 0 Å². The van der Waals surface area contributed by atoms with E-state index >= 15 is 0 Å². The number of benzene rings is 1. The predicted molar refractivity (Wildman–Crippen MR) is 87.1 cm³/mol. The lowest BCUT2D eigenvalue weighted by Gasteiger charge is -2.30. The summed E-state index contributed by atoms with van der Waals surface area (Å²) in [5, 5.41) is 0. The lowest BCUT2D eigenvalue weighted by Crippen LogP contribution is -2.33. The van der Waals surface area contributed by atoms with Gasteiger partial charge in [-0.15, -0.1) is 0 Å². The van der Waals surface area contributed by atoms with Crippen LogP contribution in [0.5, 0.6) is 0 Å². The first kappa shape index (κ1) is 14.3. The quantitative estimate of drug-likeness (QED) is 0.728. The van der Waals surface area contributed by atoms with Gasteiger partial charge in [0.1, 0.15) is 0 Å². The standard InChI is InChI=1S/C16H24IN/c1-13-7-10-18(11-8-13)9-3-4-15-5-6-16(17)12-14(15)2/h5-6,12-13H,3-4,7-11H2,1-2H3. The number of hydrogen-bond acceptors (Lipinski definition) is 1. The molecule has 0 atom stereocenters. The fourth-order valence-corrected chi connectivity index (χ4v) is 3.37. The molecule has 1 aromatic rings. The van der Waals surface area contributed by atoms with Crippen molar-refractivity contribution in [3.05, 3.63) is 32.9 Å². The monoisotopic (exact) mass is 357 g/mol. The topological polar surface area (TPSA) is 3.24 Å². The molecule has 0 aromatic heterocycles. The van der Waals surface area contributed by atoms with E-state index in [9.17, 15) is 0 Å². The van der Waals surface area contributed by atoms with Gasteiger partial charge in [0, 0.05) is 3.57 Å². The Kier molecular flexibility index (Phi) is 5.49. The Bertz CT molecular complexity index is 381.